The van der Waals surface area contributed by atoms with Crippen LogP contribution in [0.1, 0.15) is 38.8 Å². The molecule has 1 saturated heterocycles. The van der Waals surface area contributed by atoms with Crippen LogP contribution in [0.5, 0.6) is 0 Å². The van der Waals surface area contributed by atoms with Crippen molar-refractivity contribution in [3.8, 4) is 0 Å². The SMILES string of the molecule is Cc1cc(C)c(C(=O)c2cn(C3CNC3)nn2)cc1C. The van der Waals surface area contributed by atoms with Crippen molar-refractivity contribution in [3.05, 3.63) is 46.3 Å². The molecule has 5 nitrogen and oxygen atoms in total. The van der Waals surface area contributed by atoms with Crippen LogP contribution in [0.15, 0.2) is 18.3 Å². The highest BCUT2D eigenvalue weighted by molar-refractivity contribution is 6.08. The van der Waals surface area contributed by atoms with E-state index in [1.165, 1.54) is 5.56 Å². The van der Waals surface area contributed by atoms with E-state index in [1.807, 2.05) is 26.0 Å². The van der Waals surface area contributed by atoms with Crippen LogP contribution < -0.4 is 5.32 Å². The Bertz CT molecular complexity index is 671. The maximum absolute atomic E-state index is 12.5. The minimum Gasteiger partial charge on any atom is -0.312 e. The number of carbonyl (C=O) groups excluding carboxylic acids is 1. The molecule has 2 heterocycles. The molecule has 3 rings (SSSR count). The Morgan fingerprint density at radius 2 is 1.90 bits per heavy atom. The fourth-order valence-electron chi connectivity index (χ4n) is 2.36. The molecular weight excluding hydrogens is 252 g/mol. The molecule has 0 aliphatic carbocycles. The molecule has 0 amide bonds. The standard InChI is InChI=1S/C15H18N4O/c1-9-4-11(3)13(5-10(9)2)15(20)14-8-19(18-17-14)12-6-16-7-12/h4-5,8,12,16H,6-7H2,1-3H3. The first-order valence-electron chi connectivity index (χ1n) is 6.81. The molecule has 1 aliphatic heterocycles. The highest BCUT2D eigenvalue weighted by atomic mass is 16.1. The van der Waals surface area contributed by atoms with Gasteiger partial charge in [0.25, 0.3) is 0 Å². The summed E-state index contributed by atoms with van der Waals surface area (Å²) in [6, 6.07) is 4.31. The number of hydrogen-bond donors (Lipinski definition) is 1. The van der Waals surface area contributed by atoms with Gasteiger partial charge in [0.1, 0.15) is 0 Å². The van der Waals surface area contributed by atoms with Crippen molar-refractivity contribution in [2.45, 2.75) is 26.8 Å². The van der Waals surface area contributed by atoms with E-state index < -0.39 is 0 Å². The molecule has 0 bridgehead atoms. The van der Waals surface area contributed by atoms with Crippen LogP contribution >= 0.6 is 0 Å². The Morgan fingerprint density at radius 3 is 2.55 bits per heavy atom. The van der Waals surface area contributed by atoms with E-state index in [0.717, 1.165) is 24.2 Å². The first-order valence-corrected chi connectivity index (χ1v) is 6.81. The number of rotatable bonds is 3. The van der Waals surface area contributed by atoms with Gasteiger partial charge in [0, 0.05) is 18.7 Å². The minimum atomic E-state index is -0.0517. The molecule has 1 aromatic heterocycles. The quantitative estimate of drug-likeness (QED) is 0.860. The van der Waals surface area contributed by atoms with E-state index in [0.29, 0.717) is 17.3 Å². The first-order chi connectivity index (χ1) is 9.56. The van der Waals surface area contributed by atoms with E-state index >= 15 is 0 Å². The first kappa shape index (κ1) is 13.0. The number of nitrogens with one attached hydrogen (secondary N) is 1. The van der Waals surface area contributed by atoms with Crippen LogP contribution in [0.2, 0.25) is 0 Å². The summed E-state index contributed by atoms with van der Waals surface area (Å²) in [5.74, 6) is -0.0517. The van der Waals surface area contributed by atoms with E-state index in [-0.39, 0.29) is 5.78 Å². The number of hydrogen-bond acceptors (Lipinski definition) is 4. The van der Waals surface area contributed by atoms with Gasteiger partial charge in [-0.3, -0.25) is 4.79 Å². The summed E-state index contributed by atoms with van der Waals surface area (Å²) in [5, 5.41) is 11.3. The normalized spacial score (nSPS) is 15.2. The molecule has 1 fully saturated rings. The van der Waals surface area contributed by atoms with Gasteiger partial charge in [0.2, 0.25) is 5.78 Å². The van der Waals surface area contributed by atoms with Gasteiger partial charge in [-0.25, -0.2) is 4.68 Å². The van der Waals surface area contributed by atoms with Gasteiger partial charge in [0.05, 0.1) is 12.2 Å². The molecule has 1 aromatic carbocycles. The number of ketones is 1. The Labute approximate surface area is 118 Å². The summed E-state index contributed by atoms with van der Waals surface area (Å²) >= 11 is 0. The van der Waals surface area contributed by atoms with Gasteiger partial charge in [-0.2, -0.15) is 0 Å². The van der Waals surface area contributed by atoms with E-state index in [2.05, 4.69) is 22.6 Å². The van der Waals surface area contributed by atoms with E-state index in [4.69, 9.17) is 0 Å². The Balaban J connectivity index is 1.92. The van der Waals surface area contributed by atoms with Crippen LogP contribution in [-0.2, 0) is 0 Å². The highest BCUT2D eigenvalue weighted by Crippen LogP contribution is 2.19. The van der Waals surface area contributed by atoms with E-state index in [9.17, 15) is 4.79 Å². The average molecular weight is 270 g/mol. The number of aromatic nitrogens is 3. The molecule has 5 heteroatoms. The second kappa shape index (κ2) is 4.83. The largest absolute Gasteiger partial charge is 0.312 e. The summed E-state index contributed by atoms with van der Waals surface area (Å²) < 4.78 is 1.78. The fraction of sp³-hybridized carbons (Fsp3) is 0.400. The number of aryl methyl sites for hydroxylation is 3. The van der Waals surface area contributed by atoms with Gasteiger partial charge in [-0.15, -0.1) is 5.10 Å². The minimum absolute atomic E-state index is 0.0517. The van der Waals surface area contributed by atoms with Crippen molar-refractivity contribution in [1.29, 1.82) is 0 Å². The third kappa shape index (κ3) is 2.14. The maximum Gasteiger partial charge on any atom is 0.215 e. The van der Waals surface area contributed by atoms with Gasteiger partial charge in [0.15, 0.2) is 5.69 Å². The van der Waals surface area contributed by atoms with E-state index in [1.54, 1.807) is 10.9 Å². The molecule has 1 N–H and O–H groups in total. The third-order valence-corrected chi connectivity index (χ3v) is 3.96. The Hall–Kier alpha value is -2.01. The number of nitrogens with zero attached hydrogens (tertiary/aromatic N) is 3. The highest BCUT2D eigenvalue weighted by Gasteiger charge is 2.22. The Kier molecular flexibility index (Phi) is 3.14. The van der Waals surface area contributed by atoms with Gasteiger partial charge in [-0.1, -0.05) is 11.3 Å². The predicted octanol–water partition coefficient (Wildman–Crippen LogP) is 1.58. The lowest BCUT2D eigenvalue weighted by Crippen LogP contribution is -2.43. The van der Waals surface area contributed by atoms with Gasteiger partial charge < -0.3 is 5.32 Å². The predicted molar refractivity (Wildman–Crippen MR) is 76.0 cm³/mol. The van der Waals surface area contributed by atoms with Crippen molar-refractivity contribution in [2.24, 2.45) is 0 Å². The summed E-state index contributed by atoms with van der Waals surface area (Å²) in [6.45, 7) is 7.80. The molecule has 2 aromatic rings. The van der Waals surface area contributed by atoms with Crippen molar-refractivity contribution < 1.29 is 4.79 Å². The van der Waals surface area contributed by atoms with Gasteiger partial charge >= 0.3 is 0 Å². The zero-order valence-corrected chi connectivity index (χ0v) is 12.0. The number of carbonyl (C=O) groups is 1. The van der Waals surface area contributed by atoms with Crippen LogP contribution in [0.3, 0.4) is 0 Å². The topological polar surface area (TPSA) is 59.8 Å². The third-order valence-electron chi connectivity index (χ3n) is 3.96. The maximum atomic E-state index is 12.5. The van der Waals surface area contributed by atoms with Crippen molar-refractivity contribution in [2.75, 3.05) is 13.1 Å². The zero-order chi connectivity index (χ0) is 14.3. The second-order valence-corrected chi connectivity index (χ2v) is 5.48. The second-order valence-electron chi connectivity index (χ2n) is 5.48. The molecule has 104 valence electrons. The molecule has 0 spiro atoms. The smallest absolute Gasteiger partial charge is 0.215 e. The molecule has 1 aliphatic rings. The lowest BCUT2D eigenvalue weighted by Gasteiger charge is -2.26. The molecule has 0 radical (unpaired) electrons. The van der Waals surface area contributed by atoms with Crippen LogP contribution in [0.25, 0.3) is 0 Å². The summed E-state index contributed by atoms with van der Waals surface area (Å²) in [7, 11) is 0. The Morgan fingerprint density at radius 1 is 1.20 bits per heavy atom. The lowest BCUT2D eigenvalue weighted by atomic mass is 9.97. The molecule has 0 atom stereocenters. The molecule has 0 unspecified atom stereocenters. The molecule has 0 saturated carbocycles. The summed E-state index contributed by atoms with van der Waals surface area (Å²) in [6.07, 6.45) is 1.75. The van der Waals surface area contributed by atoms with Crippen LogP contribution in [0.4, 0.5) is 0 Å². The average Bonchev–Trinajstić information content (AvgIpc) is 2.80. The van der Waals surface area contributed by atoms with Crippen molar-refractivity contribution in [1.82, 2.24) is 20.3 Å². The van der Waals surface area contributed by atoms with Crippen molar-refractivity contribution in [3.63, 3.8) is 0 Å². The monoisotopic (exact) mass is 270 g/mol. The molecule has 20 heavy (non-hydrogen) atoms. The summed E-state index contributed by atoms with van der Waals surface area (Å²) in [5.41, 5.74) is 4.44. The zero-order valence-electron chi connectivity index (χ0n) is 12.0. The number of benzene rings is 1. The van der Waals surface area contributed by atoms with Gasteiger partial charge in [-0.05, 0) is 43.5 Å². The van der Waals surface area contributed by atoms with Crippen LogP contribution in [0, 0.1) is 20.8 Å². The van der Waals surface area contributed by atoms with Crippen molar-refractivity contribution >= 4 is 5.78 Å². The molecular formula is C15H18N4O. The lowest BCUT2D eigenvalue weighted by molar-refractivity contribution is 0.103. The van der Waals surface area contributed by atoms with Crippen LogP contribution in [-0.4, -0.2) is 33.9 Å². The fourth-order valence-corrected chi connectivity index (χ4v) is 2.36. The summed E-state index contributed by atoms with van der Waals surface area (Å²) in [4.78, 5) is 12.5.